The highest BCUT2D eigenvalue weighted by Gasteiger charge is 2.35. The van der Waals surface area contributed by atoms with Crippen LogP contribution in [-0.2, 0) is 22.5 Å². The van der Waals surface area contributed by atoms with E-state index in [2.05, 4.69) is 65.7 Å². The highest BCUT2D eigenvalue weighted by molar-refractivity contribution is 7.12. The minimum Gasteiger partial charge on any atom is -0.466 e. The number of piperidine rings is 1. The molecule has 224 valence electrons. The third kappa shape index (κ3) is 6.57. The van der Waals surface area contributed by atoms with E-state index in [9.17, 15) is 9.59 Å². The number of aryl methyl sites for hydroxylation is 2. The molecule has 42 heavy (non-hydrogen) atoms. The lowest BCUT2D eigenvalue weighted by Crippen LogP contribution is -2.39. The fraction of sp³-hybridized carbons (Fsp3) is 0.545. The van der Waals surface area contributed by atoms with Crippen LogP contribution >= 0.6 is 11.3 Å². The first-order chi connectivity index (χ1) is 20.2. The number of esters is 1. The van der Waals surface area contributed by atoms with Gasteiger partial charge in [0.25, 0.3) is 0 Å². The monoisotopic (exact) mass is 589 g/mol. The highest BCUT2D eigenvalue weighted by atomic mass is 32.1. The zero-order valence-electron chi connectivity index (χ0n) is 25.6. The molecule has 0 radical (unpaired) electrons. The minimum atomic E-state index is -0.116. The first-order valence-electron chi connectivity index (χ1n) is 15.3. The Balaban J connectivity index is 1.30. The quantitative estimate of drug-likeness (QED) is 0.204. The molecule has 0 bridgehead atoms. The van der Waals surface area contributed by atoms with Gasteiger partial charge in [-0.05, 0) is 83.5 Å². The van der Waals surface area contributed by atoms with Gasteiger partial charge >= 0.3 is 5.97 Å². The lowest BCUT2D eigenvalue weighted by Gasteiger charge is -2.34. The summed E-state index contributed by atoms with van der Waals surface area (Å²) >= 11 is 1.65. The second-order valence-corrected chi connectivity index (χ2v) is 13.1. The molecule has 2 aliphatic rings. The average Bonchev–Trinajstić information content (AvgIpc) is 3.57. The number of thiazole rings is 1. The van der Waals surface area contributed by atoms with E-state index in [0.29, 0.717) is 25.4 Å². The van der Waals surface area contributed by atoms with Crippen molar-refractivity contribution >= 4 is 28.9 Å². The number of ether oxygens (including phenoxy) is 1. The second-order valence-electron chi connectivity index (χ2n) is 11.9. The first-order valence-corrected chi connectivity index (χ1v) is 16.1. The van der Waals surface area contributed by atoms with E-state index in [-0.39, 0.29) is 29.6 Å². The van der Waals surface area contributed by atoms with Crippen molar-refractivity contribution in [3.05, 3.63) is 57.3 Å². The van der Waals surface area contributed by atoms with E-state index in [1.165, 1.54) is 28.8 Å². The Morgan fingerprint density at radius 3 is 2.52 bits per heavy atom. The van der Waals surface area contributed by atoms with Gasteiger partial charge in [0, 0.05) is 35.6 Å². The van der Waals surface area contributed by atoms with Crippen molar-refractivity contribution in [1.29, 1.82) is 0 Å². The van der Waals surface area contributed by atoms with Gasteiger partial charge in [0.2, 0.25) is 0 Å². The van der Waals surface area contributed by atoms with E-state index in [1.807, 2.05) is 6.92 Å². The molecule has 8 nitrogen and oxygen atoms in total. The summed E-state index contributed by atoms with van der Waals surface area (Å²) in [5, 5.41) is 0.813. The summed E-state index contributed by atoms with van der Waals surface area (Å²) in [6.45, 7) is 14.5. The number of carbonyl (C=O) groups excluding carboxylic acids is 2. The van der Waals surface area contributed by atoms with Crippen molar-refractivity contribution < 1.29 is 14.3 Å². The second kappa shape index (κ2) is 13.0. The fourth-order valence-electron chi connectivity index (χ4n) is 6.08. The largest absolute Gasteiger partial charge is 0.466 e. The first kappa shape index (κ1) is 30.3. The van der Waals surface area contributed by atoms with Crippen molar-refractivity contribution in [1.82, 2.24) is 19.9 Å². The van der Waals surface area contributed by atoms with Crippen LogP contribution in [0.4, 0.5) is 5.82 Å². The Kier molecular flexibility index (Phi) is 9.38. The third-order valence-electron chi connectivity index (χ3n) is 9.20. The number of ketones is 1. The molecule has 9 heteroatoms. The van der Waals surface area contributed by atoms with E-state index < -0.39 is 0 Å². The minimum absolute atomic E-state index is 0.0619. The average molecular weight is 590 g/mol. The summed E-state index contributed by atoms with van der Waals surface area (Å²) in [5.74, 6) is 0.469. The molecule has 0 N–H and O–H groups in total. The Bertz CT molecular complexity index is 1410. The maximum Gasteiger partial charge on any atom is 0.309 e. The van der Waals surface area contributed by atoms with E-state index in [4.69, 9.17) is 9.72 Å². The topological polar surface area (TPSA) is 88.5 Å². The van der Waals surface area contributed by atoms with Crippen LogP contribution in [0.5, 0.6) is 0 Å². The van der Waals surface area contributed by atoms with Crippen LogP contribution in [0.3, 0.4) is 0 Å². The summed E-state index contributed by atoms with van der Waals surface area (Å²) in [6.07, 6.45) is 8.45. The number of rotatable bonds is 10. The van der Waals surface area contributed by atoms with Crippen molar-refractivity contribution in [3.63, 3.8) is 0 Å². The van der Waals surface area contributed by atoms with Gasteiger partial charge in [-0.15, -0.1) is 11.3 Å². The van der Waals surface area contributed by atoms with Crippen LogP contribution in [-0.4, -0.2) is 63.4 Å². The van der Waals surface area contributed by atoms with Crippen LogP contribution in [0, 0.1) is 19.8 Å². The zero-order chi connectivity index (χ0) is 29.9. The van der Waals surface area contributed by atoms with Gasteiger partial charge in [0.15, 0.2) is 5.78 Å². The summed E-state index contributed by atoms with van der Waals surface area (Å²) in [5.41, 5.74) is 5.15. The zero-order valence-corrected chi connectivity index (χ0v) is 26.4. The Hall–Kier alpha value is -3.17. The summed E-state index contributed by atoms with van der Waals surface area (Å²) in [4.78, 5) is 45.4. The van der Waals surface area contributed by atoms with Gasteiger partial charge in [-0.2, -0.15) is 0 Å². The number of carbonyl (C=O) groups is 2. The lowest BCUT2D eigenvalue weighted by atomic mass is 9.95. The van der Waals surface area contributed by atoms with E-state index in [1.54, 1.807) is 23.7 Å². The van der Waals surface area contributed by atoms with Crippen LogP contribution < -0.4 is 4.90 Å². The van der Waals surface area contributed by atoms with Gasteiger partial charge < -0.3 is 9.64 Å². The molecule has 3 aromatic rings. The van der Waals surface area contributed by atoms with Crippen molar-refractivity contribution in [2.75, 3.05) is 31.1 Å². The highest BCUT2D eigenvalue weighted by Crippen LogP contribution is 2.37. The summed E-state index contributed by atoms with van der Waals surface area (Å²) < 4.78 is 5.17. The van der Waals surface area contributed by atoms with Crippen molar-refractivity contribution in [2.45, 2.75) is 85.2 Å². The third-order valence-corrected chi connectivity index (χ3v) is 10.2. The van der Waals surface area contributed by atoms with E-state index in [0.717, 1.165) is 54.4 Å². The molecule has 1 atom stereocenters. The predicted octanol–water partition coefficient (Wildman–Crippen LogP) is 6.19. The maximum atomic E-state index is 13.3. The number of Topliss-reactive ketones (excluding diaryl/α,β-unsaturated/α-hetero) is 1. The maximum absolute atomic E-state index is 13.3. The van der Waals surface area contributed by atoms with Gasteiger partial charge in [-0.1, -0.05) is 19.1 Å². The predicted molar refractivity (Wildman–Crippen MR) is 167 cm³/mol. The fourth-order valence-corrected chi connectivity index (χ4v) is 7.19. The number of hydrogen-bond donors (Lipinski definition) is 0. The Morgan fingerprint density at radius 1 is 1.07 bits per heavy atom. The van der Waals surface area contributed by atoms with Crippen molar-refractivity contribution in [3.8, 4) is 11.3 Å². The normalized spacial score (nSPS) is 19.8. The molecule has 2 saturated heterocycles. The molecule has 1 aromatic carbocycles. The van der Waals surface area contributed by atoms with Crippen molar-refractivity contribution in [2.24, 2.45) is 5.92 Å². The Morgan fingerprint density at radius 2 is 1.86 bits per heavy atom. The number of benzene rings is 1. The van der Waals surface area contributed by atoms with Crippen LogP contribution in [0.25, 0.3) is 11.3 Å². The van der Waals surface area contributed by atoms with Crippen LogP contribution in [0.2, 0.25) is 0 Å². The number of anilines is 1. The van der Waals surface area contributed by atoms with Crippen LogP contribution in [0.1, 0.15) is 84.4 Å². The number of hydrogen-bond acceptors (Lipinski definition) is 9. The summed E-state index contributed by atoms with van der Waals surface area (Å²) in [6, 6.07) is 6.51. The Labute approximate surface area is 253 Å². The van der Waals surface area contributed by atoms with Crippen LogP contribution in [0.15, 0.2) is 30.6 Å². The summed E-state index contributed by atoms with van der Waals surface area (Å²) in [7, 11) is 0. The molecule has 0 amide bonds. The number of aromatic nitrogens is 3. The molecule has 1 unspecified atom stereocenters. The smallest absolute Gasteiger partial charge is 0.309 e. The van der Waals surface area contributed by atoms with Gasteiger partial charge in [0.1, 0.15) is 16.5 Å². The van der Waals surface area contributed by atoms with E-state index >= 15 is 0 Å². The standard InChI is InChI=1S/C33H43N5O3S/c1-6-33(5)13-8-14-38(33)21-28-31(25-10-9-22(3)23(4)17-25)36-30(42-28)18-27(39)26-19-35-29(20-34-26)37-15-11-24(12-16-37)32(40)41-7-2/h9-10,17,19-20,24H,6-8,11-16,18,21H2,1-5H3. The molecule has 0 aliphatic carbocycles. The molecule has 0 saturated carbocycles. The molecule has 4 heterocycles. The van der Waals surface area contributed by atoms with Gasteiger partial charge in [0.05, 0.1) is 37.0 Å². The number of nitrogens with zero attached hydrogens (tertiary/aromatic N) is 5. The molecular formula is C33H43N5O3S. The molecule has 2 aromatic heterocycles. The SMILES string of the molecule is CCOC(=O)C1CCN(c2cnc(C(=O)Cc3nc(-c4ccc(C)c(C)c4)c(CN4CCCC4(C)CC)s3)cn2)CC1. The molecule has 2 fully saturated rings. The molecule has 0 spiro atoms. The number of likely N-dealkylation sites (tertiary alicyclic amines) is 1. The van der Waals surface area contributed by atoms with Gasteiger partial charge in [-0.3, -0.25) is 14.5 Å². The van der Waals surface area contributed by atoms with Gasteiger partial charge in [-0.25, -0.2) is 15.0 Å². The lowest BCUT2D eigenvalue weighted by molar-refractivity contribution is -0.148. The molecular weight excluding hydrogens is 546 g/mol. The molecule has 5 rings (SSSR count). The molecule has 2 aliphatic heterocycles.